The molecule has 0 fully saturated rings. The first-order valence-electron chi connectivity index (χ1n) is 6.60. The maximum Gasteiger partial charge on any atom is 0.261 e. The van der Waals surface area contributed by atoms with Gasteiger partial charge in [0.25, 0.3) is 10.0 Å². The number of fused-ring (bicyclic) bond motifs is 1. The average Bonchev–Trinajstić information content (AvgIpc) is 2.46. The molecule has 0 bridgehead atoms. The fraction of sp³-hybridized carbons (Fsp3) is 0.133. The Bertz CT molecular complexity index is 848. The largest absolute Gasteiger partial charge is 0.324 e. The van der Waals surface area contributed by atoms with Crippen LogP contribution in [0.25, 0.3) is 0 Å². The van der Waals surface area contributed by atoms with E-state index >= 15 is 0 Å². The lowest BCUT2D eigenvalue weighted by Gasteiger charge is -2.17. The van der Waals surface area contributed by atoms with Gasteiger partial charge in [-0.15, -0.1) is 11.8 Å². The number of carbonyl (C=O) groups is 1. The van der Waals surface area contributed by atoms with Gasteiger partial charge in [0.2, 0.25) is 5.91 Å². The molecule has 0 aromatic heterocycles. The first-order chi connectivity index (χ1) is 10.4. The van der Waals surface area contributed by atoms with Crippen molar-refractivity contribution in [3.05, 3.63) is 48.0 Å². The summed E-state index contributed by atoms with van der Waals surface area (Å²) >= 11 is 1.43. The molecule has 0 radical (unpaired) electrons. The van der Waals surface area contributed by atoms with E-state index in [2.05, 4.69) is 10.0 Å². The fourth-order valence-corrected chi connectivity index (χ4v) is 4.09. The van der Waals surface area contributed by atoms with Crippen molar-refractivity contribution in [3.8, 4) is 0 Å². The smallest absolute Gasteiger partial charge is 0.261 e. The van der Waals surface area contributed by atoms with E-state index < -0.39 is 10.0 Å². The average molecular weight is 334 g/mol. The molecule has 0 unspecified atom stereocenters. The minimum absolute atomic E-state index is 0.0869. The van der Waals surface area contributed by atoms with Gasteiger partial charge in [0.1, 0.15) is 0 Å². The second-order valence-corrected chi connectivity index (χ2v) is 7.67. The Labute approximate surface area is 133 Å². The number of rotatable bonds is 3. The summed E-state index contributed by atoms with van der Waals surface area (Å²) in [5.74, 6) is 0.289. The number of nitrogens with one attached hydrogen (secondary N) is 2. The zero-order valence-electron chi connectivity index (χ0n) is 11.8. The Morgan fingerprint density at radius 3 is 2.77 bits per heavy atom. The maximum atomic E-state index is 12.4. The predicted molar refractivity (Wildman–Crippen MR) is 87.8 cm³/mol. The van der Waals surface area contributed by atoms with E-state index in [0.717, 1.165) is 10.5 Å². The zero-order valence-corrected chi connectivity index (χ0v) is 13.4. The molecule has 0 spiro atoms. The predicted octanol–water partition coefficient (Wildman–Crippen LogP) is 2.84. The number of anilines is 2. The third-order valence-electron chi connectivity index (χ3n) is 3.16. The minimum atomic E-state index is -3.65. The third kappa shape index (κ3) is 3.10. The van der Waals surface area contributed by atoms with E-state index in [1.165, 1.54) is 11.8 Å². The van der Waals surface area contributed by atoms with Gasteiger partial charge in [0, 0.05) is 4.90 Å². The molecule has 1 heterocycles. The van der Waals surface area contributed by atoms with Crippen molar-refractivity contribution >= 4 is 39.1 Å². The molecular weight excluding hydrogens is 320 g/mol. The van der Waals surface area contributed by atoms with Crippen LogP contribution in [0.4, 0.5) is 11.4 Å². The number of benzene rings is 2. The highest BCUT2D eigenvalue weighted by molar-refractivity contribution is 8.00. The third-order valence-corrected chi connectivity index (χ3v) is 5.62. The number of aryl methyl sites for hydroxylation is 1. The van der Waals surface area contributed by atoms with Gasteiger partial charge in [-0.3, -0.25) is 9.52 Å². The summed E-state index contributed by atoms with van der Waals surface area (Å²) in [5, 5.41) is 2.74. The summed E-state index contributed by atoms with van der Waals surface area (Å²) in [4.78, 5) is 12.6. The van der Waals surface area contributed by atoms with Crippen LogP contribution in [0.5, 0.6) is 0 Å². The van der Waals surface area contributed by atoms with Crippen LogP contribution in [0.2, 0.25) is 0 Å². The number of thioether (sulfide) groups is 1. The van der Waals surface area contributed by atoms with Crippen molar-refractivity contribution in [3.63, 3.8) is 0 Å². The van der Waals surface area contributed by atoms with Gasteiger partial charge in [-0.25, -0.2) is 8.42 Å². The number of amides is 1. The second-order valence-electron chi connectivity index (χ2n) is 4.97. The number of hydrogen-bond acceptors (Lipinski definition) is 4. The molecule has 1 aliphatic heterocycles. The number of carbonyl (C=O) groups excluding carboxylic acids is 1. The number of hydrogen-bond donors (Lipinski definition) is 2. The lowest BCUT2D eigenvalue weighted by atomic mass is 10.2. The highest BCUT2D eigenvalue weighted by Gasteiger charge is 2.18. The Morgan fingerprint density at radius 2 is 2.00 bits per heavy atom. The molecule has 0 atom stereocenters. The highest BCUT2D eigenvalue weighted by Crippen LogP contribution is 2.33. The van der Waals surface area contributed by atoms with Crippen LogP contribution in [0.3, 0.4) is 0 Å². The molecule has 1 amide bonds. The lowest BCUT2D eigenvalue weighted by molar-refractivity contribution is -0.113. The lowest BCUT2D eigenvalue weighted by Crippen LogP contribution is -2.19. The van der Waals surface area contributed by atoms with Crippen molar-refractivity contribution in [1.82, 2.24) is 0 Å². The standard InChI is InChI=1S/C15H14N2O3S2/c1-10-3-2-4-12(7-10)22(19,20)17-11-5-6-14-13(8-11)16-15(18)9-21-14/h2-8,17H,9H2,1H3,(H,16,18). The second kappa shape index (κ2) is 5.66. The molecule has 114 valence electrons. The fourth-order valence-electron chi connectivity index (χ4n) is 2.14. The summed E-state index contributed by atoms with van der Waals surface area (Å²) in [7, 11) is -3.65. The molecule has 7 heteroatoms. The summed E-state index contributed by atoms with van der Waals surface area (Å²) in [6, 6.07) is 11.8. The quantitative estimate of drug-likeness (QED) is 0.905. The highest BCUT2D eigenvalue weighted by atomic mass is 32.2. The van der Waals surface area contributed by atoms with Crippen LogP contribution < -0.4 is 10.0 Å². The SMILES string of the molecule is Cc1cccc(S(=O)(=O)Nc2ccc3c(c2)NC(=O)CS3)c1. The van der Waals surface area contributed by atoms with Crippen LogP contribution in [-0.2, 0) is 14.8 Å². The molecule has 3 rings (SSSR count). The maximum absolute atomic E-state index is 12.4. The van der Waals surface area contributed by atoms with E-state index in [4.69, 9.17) is 0 Å². The molecule has 22 heavy (non-hydrogen) atoms. The summed E-state index contributed by atoms with van der Waals surface area (Å²) in [6.45, 7) is 1.84. The van der Waals surface area contributed by atoms with E-state index in [1.807, 2.05) is 13.0 Å². The van der Waals surface area contributed by atoms with Crippen LogP contribution in [0.1, 0.15) is 5.56 Å². The van der Waals surface area contributed by atoms with E-state index in [-0.39, 0.29) is 10.8 Å². The van der Waals surface area contributed by atoms with Gasteiger partial charge in [-0.1, -0.05) is 12.1 Å². The van der Waals surface area contributed by atoms with Crippen LogP contribution in [0, 0.1) is 6.92 Å². The van der Waals surface area contributed by atoms with Crippen molar-refractivity contribution < 1.29 is 13.2 Å². The van der Waals surface area contributed by atoms with E-state index in [1.54, 1.807) is 36.4 Å². The van der Waals surface area contributed by atoms with Gasteiger partial charge in [0.15, 0.2) is 0 Å². The molecule has 2 aromatic carbocycles. The normalized spacial score (nSPS) is 14.1. The summed E-state index contributed by atoms with van der Waals surface area (Å²) < 4.78 is 27.3. The molecule has 0 saturated carbocycles. The Kier molecular flexibility index (Phi) is 3.84. The van der Waals surface area contributed by atoms with Gasteiger partial charge in [-0.2, -0.15) is 0 Å². The molecule has 2 N–H and O–H groups in total. The Balaban J connectivity index is 1.90. The zero-order chi connectivity index (χ0) is 15.7. The Morgan fingerprint density at radius 1 is 1.18 bits per heavy atom. The van der Waals surface area contributed by atoms with Gasteiger partial charge >= 0.3 is 0 Å². The van der Waals surface area contributed by atoms with Crippen molar-refractivity contribution in [2.24, 2.45) is 0 Å². The number of sulfonamides is 1. The minimum Gasteiger partial charge on any atom is -0.324 e. The molecule has 5 nitrogen and oxygen atoms in total. The van der Waals surface area contributed by atoms with Crippen LogP contribution in [0.15, 0.2) is 52.3 Å². The van der Waals surface area contributed by atoms with Crippen molar-refractivity contribution in [2.45, 2.75) is 16.7 Å². The molecule has 2 aromatic rings. The molecule has 1 aliphatic rings. The van der Waals surface area contributed by atoms with Crippen molar-refractivity contribution in [2.75, 3.05) is 15.8 Å². The van der Waals surface area contributed by atoms with Gasteiger partial charge < -0.3 is 5.32 Å². The van der Waals surface area contributed by atoms with E-state index in [0.29, 0.717) is 17.1 Å². The molecular formula is C15H14N2O3S2. The van der Waals surface area contributed by atoms with Crippen molar-refractivity contribution in [1.29, 1.82) is 0 Å². The monoisotopic (exact) mass is 334 g/mol. The van der Waals surface area contributed by atoms with Crippen LogP contribution >= 0.6 is 11.8 Å². The Hall–Kier alpha value is -1.99. The summed E-state index contributed by atoms with van der Waals surface area (Å²) in [5.41, 5.74) is 1.92. The van der Waals surface area contributed by atoms with Crippen LogP contribution in [-0.4, -0.2) is 20.1 Å². The summed E-state index contributed by atoms with van der Waals surface area (Å²) in [6.07, 6.45) is 0. The first-order valence-corrected chi connectivity index (χ1v) is 9.07. The van der Waals surface area contributed by atoms with E-state index in [9.17, 15) is 13.2 Å². The first kappa shape index (κ1) is 14.9. The topological polar surface area (TPSA) is 75.3 Å². The molecule has 0 saturated heterocycles. The van der Waals surface area contributed by atoms with Gasteiger partial charge in [-0.05, 0) is 42.8 Å². The molecule has 0 aliphatic carbocycles. The van der Waals surface area contributed by atoms with Gasteiger partial charge in [0.05, 0.1) is 22.0 Å².